The summed E-state index contributed by atoms with van der Waals surface area (Å²) in [4.78, 5) is 10.4. The van der Waals surface area contributed by atoms with Gasteiger partial charge >= 0.3 is 0 Å². The molecule has 1 saturated heterocycles. The average molecular weight is 515 g/mol. The van der Waals surface area contributed by atoms with Crippen LogP contribution in [0, 0.1) is 10.1 Å². The van der Waals surface area contributed by atoms with Gasteiger partial charge in [-0.15, -0.1) is 0 Å². The lowest BCUT2D eigenvalue weighted by Crippen LogP contribution is -2.51. The van der Waals surface area contributed by atoms with Crippen LogP contribution in [0.4, 0.5) is 5.69 Å². The maximum Gasteiger partial charge on any atom is 0.270 e. The number of non-ortho nitro benzene ring substituents is 1. The van der Waals surface area contributed by atoms with Gasteiger partial charge in [0.2, 0.25) is 10.0 Å². The average Bonchev–Trinajstić information content (AvgIpc) is 3.28. The zero-order valence-electron chi connectivity index (χ0n) is 17.3. The van der Waals surface area contributed by atoms with Crippen molar-refractivity contribution in [2.45, 2.75) is 34.5 Å². The molecule has 1 aliphatic heterocycles. The topological polar surface area (TPSA) is 80.5 Å². The molecule has 3 aromatic rings. The maximum absolute atomic E-state index is 13.8. The van der Waals surface area contributed by atoms with Crippen LogP contribution in [0.2, 0.25) is 0 Å². The lowest BCUT2D eigenvalue weighted by Gasteiger charge is -2.42. The summed E-state index contributed by atoms with van der Waals surface area (Å²) in [5.41, 5.74) is 0.949. The molecule has 1 heterocycles. The summed E-state index contributed by atoms with van der Waals surface area (Å²) in [6.45, 7) is 0.344. The molecular formula is C24H23BrN2O4S. The zero-order valence-corrected chi connectivity index (χ0v) is 19.7. The molecule has 0 spiro atoms. The molecule has 2 atom stereocenters. The molecule has 0 aliphatic carbocycles. The second-order valence-electron chi connectivity index (χ2n) is 7.88. The number of rotatable bonds is 7. The Kier molecular flexibility index (Phi) is 6.46. The first-order chi connectivity index (χ1) is 15.4. The van der Waals surface area contributed by atoms with Crippen LogP contribution >= 0.6 is 15.9 Å². The first-order valence-electron chi connectivity index (χ1n) is 10.4. The van der Waals surface area contributed by atoms with Crippen LogP contribution in [0.1, 0.15) is 24.0 Å². The van der Waals surface area contributed by atoms with Crippen LogP contribution in [-0.4, -0.2) is 29.0 Å². The highest BCUT2D eigenvalue weighted by molar-refractivity contribution is 9.09. The van der Waals surface area contributed by atoms with E-state index in [1.54, 1.807) is 0 Å². The minimum absolute atomic E-state index is 0.0617. The number of nitro groups is 1. The van der Waals surface area contributed by atoms with Crippen molar-refractivity contribution < 1.29 is 13.3 Å². The van der Waals surface area contributed by atoms with E-state index in [1.165, 1.54) is 22.5 Å². The highest BCUT2D eigenvalue weighted by Crippen LogP contribution is 2.48. The Labute approximate surface area is 196 Å². The van der Waals surface area contributed by atoms with Crippen molar-refractivity contribution in [1.82, 2.24) is 4.31 Å². The molecule has 32 heavy (non-hydrogen) atoms. The van der Waals surface area contributed by atoms with Crippen molar-refractivity contribution in [2.75, 3.05) is 6.54 Å². The Hall–Kier alpha value is -2.55. The Morgan fingerprint density at radius 3 is 2.31 bits per heavy atom. The molecule has 8 heteroatoms. The van der Waals surface area contributed by atoms with Gasteiger partial charge in [-0.3, -0.25) is 10.1 Å². The smallest absolute Gasteiger partial charge is 0.258 e. The van der Waals surface area contributed by atoms with Crippen LogP contribution in [0.15, 0.2) is 89.8 Å². The summed E-state index contributed by atoms with van der Waals surface area (Å²) >= 11 is 3.86. The molecule has 0 bridgehead atoms. The Bertz CT molecular complexity index is 1200. The lowest BCUT2D eigenvalue weighted by molar-refractivity contribution is -0.385. The van der Waals surface area contributed by atoms with Gasteiger partial charge in [-0.2, -0.15) is 4.31 Å². The van der Waals surface area contributed by atoms with Gasteiger partial charge in [0.25, 0.3) is 5.69 Å². The van der Waals surface area contributed by atoms with E-state index in [1.807, 2.05) is 60.7 Å². The fourth-order valence-corrected chi connectivity index (χ4v) is 7.68. The number of alkyl halides is 1. The van der Waals surface area contributed by atoms with Gasteiger partial charge in [0, 0.05) is 23.5 Å². The largest absolute Gasteiger partial charge is 0.270 e. The minimum atomic E-state index is -3.99. The van der Waals surface area contributed by atoms with Crippen molar-refractivity contribution in [2.24, 2.45) is 0 Å². The van der Waals surface area contributed by atoms with Crippen LogP contribution in [0.5, 0.6) is 0 Å². The van der Waals surface area contributed by atoms with Crippen LogP contribution < -0.4 is 0 Å². The van der Waals surface area contributed by atoms with Gasteiger partial charge in [-0.1, -0.05) is 82.7 Å². The van der Waals surface area contributed by atoms with E-state index in [0.717, 1.165) is 17.2 Å². The molecular weight excluding hydrogens is 492 g/mol. The summed E-state index contributed by atoms with van der Waals surface area (Å²) in [6.07, 6.45) is 1.98. The molecule has 1 fully saturated rings. The molecule has 166 valence electrons. The molecule has 0 saturated carbocycles. The number of benzene rings is 3. The number of nitrogens with zero attached hydrogens (tertiary/aromatic N) is 2. The molecule has 1 aliphatic rings. The fourth-order valence-electron chi connectivity index (χ4n) is 4.53. The monoisotopic (exact) mass is 514 g/mol. The highest BCUT2D eigenvalue weighted by atomic mass is 79.9. The lowest BCUT2D eigenvalue weighted by atomic mass is 9.83. The summed E-state index contributed by atoms with van der Waals surface area (Å²) in [6, 6.07) is 24.9. The van der Waals surface area contributed by atoms with Crippen LogP contribution in [0.3, 0.4) is 0 Å². The van der Waals surface area contributed by atoms with Gasteiger partial charge in [-0.05, 0) is 36.5 Å². The summed E-state index contributed by atoms with van der Waals surface area (Å²) in [5, 5.41) is 11.3. The van der Waals surface area contributed by atoms with Gasteiger partial charge in [-0.25, -0.2) is 8.42 Å². The maximum atomic E-state index is 13.8. The van der Waals surface area contributed by atoms with Gasteiger partial charge in [0.15, 0.2) is 0 Å². The minimum Gasteiger partial charge on any atom is -0.258 e. The number of hydrogen-bond acceptors (Lipinski definition) is 4. The highest BCUT2D eigenvalue weighted by Gasteiger charge is 2.52. The quantitative estimate of drug-likeness (QED) is 0.244. The standard InChI is InChI=1S/C24H23BrN2O4S/c25-23(17-19-9-3-1-4-10-19)24(20-11-5-2-6-12-20)15-8-16-26(24)32(30,31)22-14-7-13-21(18-22)27(28)29/h1-7,9-14,18,23H,8,15-17H2/t23-,24-/m0/s1. The summed E-state index contributed by atoms with van der Waals surface area (Å²) in [7, 11) is -3.99. The first kappa shape index (κ1) is 22.6. The Balaban J connectivity index is 1.82. The Morgan fingerprint density at radius 2 is 1.66 bits per heavy atom. The van der Waals surface area contributed by atoms with Crippen molar-refractivity contribution in [3.8, 4) is 0 Å². The Morgan fingerprint density at radius 1 is 1.00 bits per heavy atom. The third kappa shape index (κ3) is 4.10. The van der Waals surface area contributed by atoms with Crippen molar-refractivity contribution in [3.05, 3.63) is 106 Å². The zero-order chi connectivity index (χ0) is 22.8. The molecule has 6 nitrogen and oxygen atoms in total. The van der Waals surface area contributed by atoms with E-state index in [4.69, 9.17) is 0 Å². The van der Waals surface area contributed by atoms with Crippen molar-refractivity contribution in [3.63, 3.8) is 0 Å². The predicted molar refractivity (Wildman–Crippen MR) is 127 cm³/mol. The summed E-state index contributed by atoms with van der Waals surface area (Å²) in [5.74, 6) is 0. The fraction of sp³-hybridized carbons (Fsp3) is 0.250. The number of hydrogen-bond donors (Lipinski definition) is 0. The molecule has 0 N–H and O–H groups in total. The first-order valence-corrected chi connectivity index (χ1v) is 12.7. The second kappa shape index (κ2) is 9.13. The molecule has 3 aromatic carbocycles. The normalized spacial score (nSPS) is 20.2. The SMILES string of the molecule is O=[N+]([O-])c1cccc(S(=O)(=O)N2CCC[C@]2(c2ccccc2)[C@@H](Br)Cc2ccccc2)c1. The third-order valence-electron chi connectivity index (χ3n) is 6.03. The van der Waals surface area contributed by atoms with Crippen LogP contribution in [-0.2, 0) is 22.0 Å². The third-order valence-corrected chi connectivity index (χ3v) is 9.05. The molecule has 0 unspecified atom stereocenters. The number of halogens is 1. The van der Waals surface area contributed by atoms with Crippen molar-refractivity contribution >= 4 is 31.6 Å². The second-order valence-corrected chi connectivity index (χ2v) is 10.9. The van der Waals surface area contributed by atoms with E-state index in [0.29, 0.717) is 25.8 Å². The number of nitro benzene ring substituents is 1. The van der Waals surface area contributed by atoms with E-state index < -0.39 is 20.5 Å². The van der Waals surface area contributed by atoms with Gasteiger partial charge in [0.1, 0.15) is 0 Å². The molecule has 0 radical (unpaired) electrons. The van der Waals surface area contributed by atoms with E-state index >= 15 is 0 Å². The van der Waals surface area contributed by atoms with Gasteiger partial charge < -0.3 is 0 Å². The predicted octanol–water partition coefficient (Wildman–Crippen LogP) is 5.28. The van der Waals surface area contributed by atoms with E-state index in [9.17, 15) is 18.5 Å². The molecule has 0 aromatic heterocycles. The molecule has 0 amide bonds. The summed E-state index contributed by atoms with van der Waals surface area (Å²) < 4.78 is 29.2. The van der Waals surface area contributed by atoms with E-state index in [-0.39, 0.29) is 15.4 Å². The van der Waals surface area contributed by atoms with Gasteiger partial charge in [0.05, 0.1) is 15.4 Å². The number of sulfonamides is 1. The van der Waals surface area contributed by atoms with Crippen LogP contribution in [0.25, 0.3) is 0 Å². The molecule has 4 rings (SSSR count). The van der Waals surface area contributed by atoms with E-state index in [2.05, 4.69) is 15.9 Å². The van der Waals surface area contributed by atoms with Crippen molar-refractivity contribution in [1.29, 1.82) is 0 Å².